The summed E-state index contributed by atoms with van der Waals surface area (Å²) < 4.78 is 4.84. The fourth-order valence-corrected chi connectivity index (χ4v) is 2.05. The Labute approximate surface area is 98.8 Å². The van der Waals surface area contributed by atoms with Crippen LogP contribution in [0.15, 0.2) is 24.3 Å². The zero-order chi connectivity index (χ0) is 12.5. The molecular formula is C13H11NO3. The molecule has 0 bridgehead atoms. The van der Waals surface area contributed by atoms with Gasteiger partial charge in [-0.3, -0.25) is 4.79 Å². The zero-order valence-electron chi connectivity index (χ0n) is 9.40. The van der Waals surface area contributed by atoms with Crippen LogP contribution in [0, 0.1) is 16.7 Å². The average molecular weight is 229 g/mol. The molecule has 0 saturated carbocycles. The summed E-state index contributed by atoms with van der Waals surface area (Å²) in [5, 5.41) is 9.18. The molecule has 0 saturated heterocycles. The van der Waals surface area contributed by atoms with Gasteiger partial charge in [-0.2, -0.15) is 5.26 Å². The molecule has 1 aromatic rings. The summed E-state index contributed by atoms with van der Waals surface area (Å²) in [6.45, 7) is 1.81. The first kappa shape index (κ1) is 11.3. The molecule has 1 aromatic carbocycles. The lowest BCUT2D eigenvalue weighted by Gasteiger charge is -2.15. The van der Waals surface area contributed by atoms with E-state index in [0.29, 0.717) is 5.56 Å². The van der Waals surface area contributed by atoms with Gasteiger partial charge in [0.05, 0.1) is 12.7 Å². The number of esters is 1. The SMILES string of the molecule is CCOC(=O)C1(C#N)Cc2ccccc2C1=O. The standard InChI is InChI=1S/C13H11NO3/c1-2-17-12(16)13(8-14)7-9-5-3-4-6-10(9)11(13)15/h3-6H,2,7H2,1H3. The summed E-state index contributed by atoms with van der Waals surface area (Å²) in [6.07, 6.45) is 0.108. The van der Waals surface area contributed by atoms with Gasteiger partial charge >= 0.3 is 5.97 Å². The minimum absolute atomic E-state index is 0.108. The zero-order valence-corrected chi connectivity index (χ0v) is 9.40. The maximum Gasteiger partial charge on any atom is 0.334 e. The fourth-order valence-electron chi connectivity index (χ4n) is 2.05. The smallest absolute Gasteiger partial charge is 0.334 e. The highest BCUT2D eigenvalue weighted by Crippen LogP contribution is 2.37. The van der Waals surface area contributed by atoms with Gasteiger partial charge in [0.1, 0.15) is 0 Å². The van der Waals surface area contributed by atoms with Gasteiger partial charge in [-0.1, -0.05) is 24.3 Å². The number of carbonyl (C=O) groups excluding carboxylic acids is 2. The molecule has 1 atom stereocenters. The molecule has 0 spiro atoms. The summed E-state index contributed by atoms with van der Waals surface area (Å²) in [4.78, 5) is 24.0. The first-order chi connectivity index (χ1) is 8.15. The molecule has 0 fully saturated rings. The van der Waals surface area contributed by atoms with Gasteiger partial charge in [-0.15, -0.1) is 0 Å². The highest BCUT2D eigenvalue weighted by molar-refractivity contribution is 6.18. The molecule has 0 radical (unpaired) electrons. The number of nitriles is 1. The van der Waals surface area contributed by atoms with E-state index in [2.05, 4.69) is 0 Å². The van der Waals surface area contributed by atoms with Gasteiger partial charge in [0.2, 0.25) is 5.41 Å². The third-order valence-corrected chi connectivity index (χ3v) is 2.92. The predicted molar refractivity (Wildman–Crippen MR) is 59.2 cm³/mol. The van der Waals surface area contributed by atoms with Gasteiger partial charge in [0.25, 0.3) is 0 Å². The minimum atomic E-state index is -1.68. The van der Waals surface area contributed by atoms with E-state index in [9.17, 15) is 14.9 Å². The van der Waals surface area contributed by atoms with Crippen LogP contribution in [0.1, 0.15) is 22.8 Å². The molecule has 1 unspecified atom stereocenters. The third-order valence-electron chi connectivity index (χ3n) is 2.92. The molecule has 1 aliphatic rings. The number of rotatable bonds is 2. The van der Waals surface area contributed by atoms with Crippen molar-refractivity contribution in [3.8, 4) is 6.07 Å². The lowest BCUT2D eigenvalue weighted by atomic mass is 9.85. The Morgan fingerprint density at radius 3 is 2.82 bits per heavy atom. The lowest BCUT2D eigenvalue weighted by molar-refractivity contribution is -0.149. The van der Waals surface area contributed by atoms with E-state index in [-0.39, 0.29) is 13.0 Å². The Balaban J connectivity index is 2.46. The van der Waals surface area contributed by atoms with Crippen molar-refractivity contribution in [1.29, 1.82) is 5.26 Å². The second-order valence-electron chi connectivity index (χ2n) is 3.90. The van der Waals surface area contributed by atoms with Crippen LogP contribution in [0.4, 0.5) is 0 Å². The lowest BCUT2D eigenvalue weighted by Crippen LogP contribution is -2.37. The Kier molecular flexibility index (Phi) is 2.68. The van der Waals surface area contributed by atoms with E-state index in [4.69, 9.17) is 4.74 Å². The Hall–Kier alpha value is -2.15. The molecule has 4 heteroatoms. The number of benzene rings is 1. The van der Waals surface area contributed by atoms with E-state index in [0.717, 1.165) is 5.56 Å². The molecule has 86 valence electrons. The number of hydrogen-bond acceptors (Lipinski definition) is 4. The second-order valence-corrected chi connectivity index (χ2v) is 3.90. The van der Waals surface area contributed by atoms with Crippen molar-refractivity contribution in [2.75, 3.05) is 6.61 Å². The van der Waals surface area contributed by atoms with Crippen LogP contribution in [0.25, 0.3) is 0 Å². The maximum absolute atomic E-state index is 12.1. The highest BCUT2D eigenvalue weighted by atomic mass is 16.5. The number of ether oxygens (including phenoxy) is 1. The molecule has 0 heterocycles. The Morgan fingerprint density at radius 1 is 1.53 bits per heavy atom. The number of nitrogens with zero attached hydrogens (tertiary/aromatic N) is 1. The van der Waals surface area contributed by atoms with E-state index in [1.54, 1.807) is 31.2 Å². The van der Waals surface area contributed by atoms with Crippen molar-refractivity contribution in [3.63, 3.8) is 0 Å². The molecule has 0 amide bonds. The quantitative estimate of drug-likeness (QED) is 0.569. The summed E-state index contributed by atoms with van der Waals surface area (Å²) in [6, 6.07) is 8.73. The van der Waals surface area contributed by atoms with Gasteiger partial charge in [0.15, 0.2) is 5.78 Å². The normalized spacial score (nSPS) is 21.8. The van der Waals surface area contributed by atoms with Gasteiger partial charge in [-0.05, 0) is 12.5 Å². The number of Topliss-reactive ketones (excluding diaryl/α,β-unsaturated/α-hetero) is 1. The number of ketones is 1. The maximum atomic E-state index is 12.1. The van der Waals surface area contributed by atoms with Crippen molar-refractivity contribution >= 4 is 11.8 Å². The monoisotopic (exact) mass is 229 g/mol. The predicted octanol–water partition coefficient (Wildman–Crippen LogP) is 1.50. The number of carbonyl (C=O) groups is 2. The van der Waals surface area contributed by atoms with Gasteiger partial charge in [0, 0.05) is 12.0 Å². The van der Waals surface area contributed by atoms with Crippen LogP contribution in [-0.4, -0.2) is 18.4 Å². The van der Waals surface area contributed by atoms with Crippen molar-refractivity contribution < 1.29 is 14.3 Å². The number of hydrogen-bond donors (Lipinski definition) is 0. The summed E-state index contributed by atoms with van der Waals surface area (Å²) >= 11 is 0. The van der Waals surface area contributed by atoms with Crippen LogP contribution in [0.5, 0.6) is 0 Å². The van der Waals surface area contributed by atoms with Gasteiger partial charge < -0.3 is 4.74 Å². The van der Waals surface area contributed by atoms with Crippen molar-refractivity contribution in [2.24, 2.45) is 5.41 Å². The molecule has 1 aliphatic carbocycles. The Bertz CT molecular complexity index is 530. The summed E-state index contributed by atoms with van der Waals surface area (Å²) in [7, 11) is 0. The van der Waals surface area contributed by atoms with E-state index >= 15 is 0 Å². The topological polar surface area (TPSA) is 67.2 Å². The fraction of sp³-hybridized carbons (Fsp3) is 0.308. The molecule has 17 heavy (non-hydrogen) atoms. The van der Waals surface area contributed by atoms with Crippen LogP contribution in [0.2, 0.25) is 0 Å². The molecule has 2 rings (SSSR count). The summed E-state index contributed by atoms with van der Waals surface area (Å²) in [5.74, 6) is -1.20. The van der Waals surface area contributed by atoms with E-state index in [1.807, 2.05) is 6.07 Å². The molecule has 0 aromatic heterocycles. The van der Waals surface area contributed by atoms with Crippen molar-refractivity contribution in [2.45, 2.75) is 13.3 Å². The Morgan fingerprint density at radius 2 is 2.24 bits per heavy atom. The molecule has 0 aliphatic heterocycles. The van der Waals surface area contributed by atoms with Crippen LogP contribution in [-0.2, 0) is 16.0 Å². The van der Waals surface area contributed by atoms with Crippen molar-refractivity contribution in [1.82, 2.24) is 0 Å². The highest BCUT2D eigenvalue weighted by Gasteiger charge is 2.53. The van der Waals surface area contributed by atoms with Crippen LogP contribution >= 0.6 is 0 Å². The van der Waals surface area contributed by atoms with Crippen LogP contribution < -0.4 is 0 Å². The first-order valence-electron chi connectivity index (χ1n) is 5.37. The minimum Gasteiger partial charge on any atom is -0.464 e. The first-order valence-corrected chi connectivity index (χ1v) is 5.37. The van der Waals surface area contributed by atoms with Crippen molar-refractivity contribution in [3.05, 3.63) is 35.4 Å². The van der Waals surface area contributed by atoms with E-state index < -0.39 is 17.2 Å². The molecule has 4 nitrogen and oxygen atoms in total. The molecule has 0 N–H and O–H groups in total. The van der Waals surface area contributed by atoms with Gasteiger partial charge in [-0.25, -0.2) is 4.79 Å². The largest absolute Gasteiger partial charge is 0.464 e. The van der Waals surface area contributed by atoms with E-state index in [1.165, 1.54) is 0 Å². The number of fused-ring (bicyclic) bond motifs is 1. The second kappa shape index (κ2) is 4.02. The molecular weight excluding hydrogens is 218 g/mol. The summed E-state index contributed by atoms with van der Waals surface area (Å²) in [5.41, 5.74) is -0.506. The average Bonchev–Trinajstić information content (AvgIpc) is 2.64. The van der Waals surface area contributed by atoms with Crippen LogP contribution in [0.3, 0.4) is 0 Å². The third kappa shape index (κ3) is 1.51.